The first kappa shape index (κ1) is 24.5. The second kappa shape index (κ2) is 11.7. The lowest BCUT2D eigenvalue weighted by Gasteiger charge is -2.34. The number of carbonyl (C=O) groups is 1. The summed E-state index contributed by atoms with van der Waals surface area (Å²) in [6.45, 7) is 4.50. The van der Waals surface area contributed by atoms with Crippen molar-refractivity contribution in [3.63, 3.8) is 0 Å². The quantitative estimate of drug-likeness (QED) is 0.457. The molecule has 0 radical (unpaired) electrons. The van der Waals surface area contributed by atoms with Gasteiger partial charge in [0.05, 0.1) is 6.54 Å². The highest BCUT2D eigenvalue weighted by molar-refractivity contribution is 6.30. The first-order valence-corrected chi connectivity index (χ1v) is 11.7. The molecule has 0 bridgehead atoms. The lowest BCUT2D eigenvalue weighted by Crippen LogP contribution is -2.48. The van der Waals surface area contributed by atoms with E-state index in [0.29, 0.717) is 40.5 Å². The van der Waals surface area contributed by atoms with Crippen molar-refractivity contribution in [2.24, 2.45) is 0 Å². The summed E-state index contributed by atoms with van der Waals surface area (Å²) in [6.07, 6.45) is 0.782. The molecule has 2 N–H and O–H groups in total. The standard InChI is InChI=1S/C24H26Cl2N4O4/c25-17-1-5-19(6-2-17)27-24(32)22-16-34-23(28-22)14-30-11-9-29(10-12-30)13-20(31)15-33-21-7-3-18(26)4-8-21/h1-8,16,20,31H,9-15H2,(H,27,32). The normalized spacial score (nSPS) is 15.7. The molecule has 1 aromatic heterocycles. The molecule has 2 heterocycles. The van der Waals surface area contributed by atoms with E-state index in [-0.39, 0.29) is 18.2 Å². The van der Waals surface area contributed by atoms with Crippen LogP contribution in [0.4, 0.5) is 5.69 Å². The fourth-order valence-corrected chi connectivity index (χ4v) is 3.86. The smallest absolute Gasteiger partial charge is 0.277 e. The van der Waals surface area contributed by atoms with E-state index in [1.54, 1.807) is 48.5 Å². The van der Waals surface area contributed by atoms with Gasteiger partial charge >= 0.3 is 0 Å². The number of hydrogen-bond acceptors (Lipinski definition) is 7. The Hall–Kier alpha value is -2.62. The van der Waals surface area contributed by atoms with Crippen molar-refractivity contribution in [1.82, 2.24) is 14.8 Å². The maximum atomic E-state index is 12.4. The number of piperazine rings is 1. The zero-order valence-corrected chi connectivity index (χ0v) is 20.0. The van der Waals surface area contributed by atoms with Crippen LogP contribution in [0, 0.1) is 0 Å². The zero-order valence-electron chi connectivity index (χ0n) is 18.5. The molecule has 1 unspecified atom stereocenters. The van der Waals surface area contributed by atoms with Gasteiger partial charge in [-0.1, -0.05) is 23.2 Å². The van der Waals surface area contributed by atoms with Gasteiger partial charge in [-0.05, 0) is 48.5 Å². The van der Waals surface area contributed by atoms with E-state index >= 15 is 0 Å². The SMILES string of the molecule is O=C(Nc1ccc(Cl)cc1)c1coc(CN2CCN(CC(O)COc3ccc(Cl)cc3)CC2)n1. The predicted octanol–water partition coefficient (Wildman–Crippen LogP) is 3.79. The maximum Gasteiger partial charge on any atom is 0.277 e. The Bertz CT molecular complexity index is 1070. The molecule has 4 rings (SSSR count). The topological polar surface area (TPSA) is 91.1 Å². The van der Waals surface area contributed by atoms with Crippen LogP contribution in [-0.4, -0.2) is 71.2 Å². The molecule has 10 heteroatoms. The minimum absolute atomic E-state index is 0.221. The molecule has 1 fully saturated rings. The average Bonchev–Trinajstić information content (AvgIpc) is 3.30. The van der Waals surface area contributed by atoms with Gasteiger partial charge in [-0.2, -0.15) is 0 Å². The van der Waals surface area contributed by atoms with E-state index < -0.39 is 6.10 Å². The third-order valence-electron chi connectivity index (χ3n) is 5.44. The fourth-order valence-electron chi connectivity index (χ4n) is 3.61. The van der Waals surface area contributed by atoms with E-state index in [1.807, 2.05) is 0 Å². The van der Waals surface area contributed by atoms with Gasteiger partial charge in [-0.15, -0.1) is 0 Å². The highest BCUT2D eigenvalue weighted by atomic mass is 35.5. The molecule has 1 amide bonds. The van der Waals surface area contributed by atoms with Crippen molar-refractivity contribution < 1.29 is 19.1 Å². The minimum atomic E-state index is -0.587. The first-order chi connectivity index (χ1) is 16.4. The monoisotopic (exact) mass is 504 g/mol. The van der Waals surface area contributed by atoms with Crippen LogP contribution in [0.1, 0.15) is 16.4 Å². The van der Waals surface area contributed by atoms with Crippen molar-refractivity contribution in [3.05, 3.63) is 76.4 Å². The second-order valence-corrected chi connectivity index (χ2v) is 8.96. The number of aliphatic hydroxyl groups excluding tert-OH is 1. The Morgan fingerprint density at radius 1 is 1.03 bits per heavy atom. The number of aromatic nitrogens is 1. The number of aliphatic hydroxyl groups is 1. The van der Waals surface area contributed by atoms with Crippen LogP contribution in [0.3, 0.4) is 0 Å². The molecule has 34 heavy (non-hydrogen) atoms. The average molecular weight is 505 g/mol. The molecule has 1 aliphatic rings. The van der Waals surface area contributed by atoms with Crippen molar-refractivity contribution >= 4 is 34.8 Å². The number of ether oxygens (including phenoxy) is 1. The summed E-state index contributed by atoms with van der Waals surface area (Å²) in [5, 5.41) is 14.3. The molecule has 1 atom stereocenters. The summed E-state index contributed by atoms with van der Waals surface area (Å²) < 4.78 is 11.1. The van der Waals surface area contributed by atoms with Gasteiger partial charge in [-0.3, -0.25) is 14.6 Å². The summed E-state index contributed by atoms with van der Waals surface area (Å²) in [4.78, 5) is 21.1. The van der Waals surface area contributed by atoms with Crippen molar-refractivity contribution in [2.45, 2.75) is 12.6 Å². The van der Waals surface area contributed by atoms with Crippen LogP contribution >= 0.6 is 23.2 Å². The van der Waals surface area contributed by atoms with Gasteiger partial charge in [0.15, 0.2) is 5.69 Å². The van der Waals surface area contributed by atoms with Crippen LogP contribution in [0.5, 0.6) is 5.75 Å². The number of β-amino-alcohol motifs (C(OH)–C–C–N with tert-alkyl or cyclic N) is 1. The van der Waals surface area contributed by atoms with Crippen LogP contribution < -0.4 is 10.1 Å². The molecule has 180 valence electrons. The first-order valence-electron chi connectivity index (χ1n) is 11.0. The lowest BCUT2D eigenvalue weighted by molar-refractivity contribution is 0.0430. The van der Waals surface area contributed by atoms with E-state index in [0.717, 1.165) is 26.2 Å². The van der Waals surface area contributed by atoms with Crippen molar-refractivity contribution in [2.75, 3.05) is 44.6 Å². The van der Waals surface area contributed by atoms with Crippen LogP contribution in [0.15, 0.2) is 59.2 Å². The maximum absolute atomic E-state index is 12.4. The number of nitrogens with one attached hydrogen (secondary N) is 1. The Kier molecular flexibility index (Phi) is 8.42. The Labute approximate surface area is 208 Å². The molecule has 3 aromatic rings. The molecule has 8 nitrogen and oxygen atoms in total. The molecule has 0 aliphatic carbocycles. The minimum Gasteiger partial charge on any atom is -0.491 e. The third kappa shape index (κ3) is 7.19. The van der Waals surface area contributed by atoms with E-state index in [9.17, 15) is 9.90 Å². The second-order valence-electron chi connectivity index (χ2n) is 8.08. The summed E-state index contributed by atoms with van der Waals surface area (Å²) >= 11 is 11.7. The number of halogens is 2. The highest BCUT2D eigenvalue weighted by Crippen LogP contribution is 2.17. The Balaban J connectivity index is 1.17. The van der Waals surface area contributed by atoms with Crippen molar-refractivity contribution in [1.29, 1.82) is 0 Å². The van der Waals surface area contributed by atoms with Gasteiger partial charge in [0.2, 0.25) is 5.89 Å². The summed E-state index contributed by atoms with van der Waals surface area (Å²) in [6, 6.07) is 13.9. The van der Waals surface area contributed by atoms with Crippen LogP contribution in [0.2, 0.25) is 10.0 Å². The highest BCUT2D eigenvalue weighted by Gasteiger charge is 2.21. The largest absolute Gasteiger partial charge is 0.491 e. The lowest BCUT2D eigenvalue weighted by atomic mass is 10.2. The number of benzene rings is 2. The van der Waals surface area contributed by atoms with Gasteiger partial charge in [0, 0.05) is 48.5 Å². The van der Waals surface area contributed by atoms with E-state index in [2.05, 4.69) is 20.1 Å². The number of nitrogens with zero attached hydrogens (tertiary/aromatic N) is 3. The van der Waals surface area contributed by atoms with Crippen LogP contribution in [0.25, 0.3) is 0 Å². The van der Waals surface area contributed by atoms with Gasteiger partial charge < -0.3 is 19.6 Å². The number of carbonyl (C=O) groups excluding carboxylic acids is 1. The van der Waals surface area contributed by atoms with E-state index in [4.69, 9.17) is 32.4 Å². The summed E-state index contributed by atoms with van der Waals surface area (Å²) in [7, 11) is 0. The fraction of sp³-hybridized carbons (Fsp3) is 0.333. The summed E-state index contributed by atoms with van der Waals surface area (Å²) in [5.74, 6) is 0.837. The van der Waals surface area contributed by atoms with Crippen LogP contribution in [-0.2, 0) is 6.54 Å². The molecule has 2 aromatic carbocycles. The molecule has 0 spiro atoms. The van der Waals surface area contributed by atoms with Crippen molar-refractivity contribution in [3.8, 4) is 5.75 Å². The number of amides is 1. The predicted molar refractivity (Wildman–Crippen MR) is 131 cm³/mol. The number of anilines is 1. The Morgan fingerprint density at radius 3 is 2.32 bits per heavy atom. The molecule has 1 aliphatic heterocycles. The van der Waals surface area contributed by atoms with Gasteiger partial charge in [-0.25, -0.2) is 4.98 Å². The molecular formula is C24H26Cl2N4O4. The zero-order chi connectivity index (χ0) is 23.9. The molecular weight excluding hydrogens is 479 g/mol. The third-order valence-corrected chi connectivity index (χ3v) is 5.94. The number of rotatable bonds is 9. The molecule has 1 saturated heterocycles. The summed E-state index contributed by atoms with van der Waals surface area (Å²) in [5.41, 5.74) is 0.864. The van der Waals surface area contributed by atoms with Gasteiger partial charge in [0.1, 0.15) is 24.7 Å². The number of oxazole rings is 1. The Morgan fingerprint density at radius 2 is 1.65 bits per heavy atom. The van der Waals surface area contributed by atoms with Gasteiger partial charge in [0.25, 0.3) is 5.91 Å². The van der Waals surface area contributed by atoms with E-state index in [1.165, 1.54) is 6.26 Å². The molecule has 0 saturated carbocycles. The number of hydrogen-bond donors (Lipinski definition) is 2.